The van der Waals surface area contributed by atoms with Gasteiger partial charge in [-0.3, -0.25) is 0 Å². The van der Waals surface area contributed by atoms with Crippen LogP contribution in [0.2, 0.25) is 0 Å². The number of hydrogen-bond acceptors (Lipinski definition) is 2. The third-order valence-electron chi connectivity index (χ3n) is 3.74. The molecule has 0 spiro atoms. The molecule has 1 unspecified atom stereocenters. The first-order valence-corrected chi connectivity index (χ1v) is 7.90. The van der Waals surface area contributed by atoms with Crippen molar-refractivity contribution in [3.8, 4) is 0 Å². The second-order valence-corrected chi connectivity index (χ2v) is 5.62. The summed E-state index contributed by atoms with van der Waals surface area (Å²) < 4.78 is 5.76. The first kappa shape index (κ1) is 18.2. The lowest BCUT2D eigenvalue weighted by Crippen LogP contribution is -2.34. The summed E-state index contributed by atoms with van der Waals surface area (Å²) in [4.78, 5) is 11.8. The summed E-state index contributed by atoms with van der Waals surface area (Å²) >= 11 is 0. The first-order chi connectivity index (χ1) is 9.01. The quantitative estimate of drug-likeness (QED) is 0.284. The molecule has 0 saturated heterocycles. The van der Waals surface area contributed by atoms with Gasteiger partial charge in [-0.05, 0) is 32.6 Å². The molecule has 0 aliphatic heterocycles. The Bertz CT molecular complexity index is 270. The number of hydrogen-bond donors (Lipinski definition) is 0. The van der Waals surface area contributed by atoms with Crippen LogP contribution < -0.4 is 0 Å². The zero-order chi connectivity index (χ0) is 14.7. The van der Waals surface area contributed by atoms with E-state index in [4.69, 9.17) is 4.74 Å². The molecular formula is C17H32O2. The Morgan fingerprint density at radius 1 is 1.00 bits per heavy atom. The highest BCUT2D eigenvalue weighted by molar-refractivity contribution is 5.87. The number of esters is 1. The maximum atomic E-state index is 11.8. The van der Waals surface area contributed by atoms with Crippen molar-refractivity contribution in [2.24, 2.45) is 0 Å². The Morgan fingerprint density at radius 2 is 1.63 bits per heavy atom. The monoisotopic (exact) mass is 268 g/mol. The molecule has 0 amide bonds. The minimum atomic E-state index is -0.267. The van der Waals surface area contributed by atoms with Crippen molar-refractivity contribution in [3.63, 3.8) is 0 Å². The van der Waals surface area contributed by atoms with Gasteiger partial charge in [0.2, 0.25) is 0 Å². The molecule has 0 aliphatic rings. The predicted octanol–water partition coefficient (Wildman–Crippen LogP) is 5.42. The lowest BCUT2D eigenvalue weighted by molar-refractivity contribution is -0.157. The van der Waals surface area contributed by atoms with E-state index in [0.717, 1.165) is 32.1 Å². The van der Waals surface area contributed by atoms with Crippen LogP contribution in [-0.2, 0) is 9.53 Å². The van der Waals surface area contributed by atoms with Gasteiger partial charge in [-0.1, -0.05) is 59.5 Å². The lowest BCUT2D eigenvalue weighted by atomic mass is 9.88. The smallest absolute Gasteiger partial charge is 0.333 e. The molecule has 19 heavy (non-hydrogen) atoms. The van der Waals surface area contributed by atoms with Crippen LogP contribution in [0.3, 0.4) is 0 Å². The summed E-state index contributed by atoms with van der Waals surface area (Å²) in [6.07, 6.45) is 10.1. The normalized spacial score (nSPS) is 13.9. The lowest BCUT2D eigenvalue weighted by Gasteiger charge is -2.32. The van der Waals surface area contributed by atoms with E-state index in [0.29, 0.717) is 5.57 Å². The highest BCUT2D eigenvalue weighted by Crippen LogP contribution is 2.30. The molecule has 0 radical (unpaired) electrons. The molecule has 112 valence electrons. The Labute approximate surface area is 119 Å². The minimum absolute atomic E-state index is 0.233. The van der Waals surface area contributed by atoms with Crippen molar-refractivity contribution in [3.05, 3.63) is 12.2 Å². The summed E-state index contributed by atoms with van der Waals surface area (Å²) in [6, 6.07) is 0. The van der Waals surface area contributed by atoms with Gasteiger partial charge in [0.25, 0.3) is 0 Å². The average molecular weight is 268 g/mol. The summed E-state index contributed by atoms with van der Waals surface area (Å²) in [5.74, 6) is -0.233. The number of rotatable bonds is 11. The Balaban J connectivity index is 4.40. The Morgan fingerprint density at radius 3 is 2.11 bits per heavy atom. The minimum Gasteiger partial charge on any atom is -0.456 e. The van der Waals surface area contributed by atoms with Crippen molar-refractivity contribution in [1.82, 2.24) is 0 Å². The maximum absolute atomic E-state index is 11.8. The van der Waals surface area contributed by atoms with E-state index in [9.17, 15) is 4.79 Å². The van der Waals surface area contributed by atoms with Gasteiger partial charge in [0.15, 0.2) is 0 Å². The molecule has 0 aromatic heterocycles. The summed E-state index contributed by atoms with van der Waals surface area (Å²) in [6.45, 7) is 11.9. The van der Waals surface area contributed by atoms with Gasteiger partial charge in [-0.15, -0.1) is 0 Å². The van der Waals surface area contributed by atoms with E-state index < -0.39 is 0 Å². The fraction of sp³-hybridized carbons (Fsp3) is 0.824. The fourth-order valence-electron chi connectivity index (χ4n) is 2.44. The second-order valence-electron chi connectivity index (χ2n) is 5.62. The van der Waals surface area contributed by atoms with Crippen LogP contribution >= 0.6 is 0 Å². The van der Waals surface area contributed by atoms with Gasteiger partial charge in [0.05, 0.1) is 0 Å². The van der Waals surface area contributed by atoms with Crippen LogP contribution in [0.1, 0.15) is 85.5 Å². The van der Waals surface area contributed by atoms with E-state index >= 15 is 0 Å². The van der Waals surface area contributed by atoms with Crippen molar-refractivity contribution in [1.29, 1.82) is 0 Å². The molecule has 2 heteroatoms. The molecule has 0 saturated carbocycles. The van der Waals surface area contributed by atoms with Crippen LogP contribution in [0.5, 0.6) is 0 Å². The van der Waals surface area contributed by atoms with Gasteiger partial charge >= 0.3 is 5.97 Å². The van der Waals surface area contributed by atoms with Gasteiger partial charge in [-0.2, -0.15) is 0 Å². The molecule has 0 aliphatic carbocycles. The standard InChI is InChI=1S/C17H32O2/c1-6-9-10-11-12-14-17(8-3,13-7-2)19-16(18)15(4)5/h4,6-14H2,1-3,5H3. The zero-order valence-corrected chi connectivity index (χ0v) is 13.4. The number of carbonyl (C=O) groups is 1. The molecule has 0 aromatic rings. The molecule has 0 heterocycles. The van der Waals surface area contributed by atoms with E-state index in [-0.39, 0.29) is 11.6 Å². The predicted molar refractivity (Wildman–Crippen MR) is 82.2 cm³/mol. The molecule has 0 fully saturated rings. The molecule has 0 N–H and O–H groups in total. The zero-order valence-electron chi connectivity index (χ0n) is 13.4. The summed E-state index contributed by atoms with van der Waals surface area (Å²) in [7, 11) is 0. The Kier molecular flexibility index (Phi) is 9.63. The molecule has 2 nitrogen and oxygen atoms in total. The van der Waals surface area contributed by atoms with Crippen LogP contribution in [0.25, 0.3) is 0 Å². The van der Waals surface area contributed by atoms with Crippen LogP contribution in [0, 0.1) is 0 Å². The van der Waals surface area contributed by atoms with Crippen LogP contribution in [0.4, 0.5) is 0 Å². The average Bonchev–Trinajstić information content (AvgIpc) is 2.38. The highest BCUT2D eigenvalue weighted by atomic mass is 16.6. The molecular weight excluding hydrogens is 236 g/mol. The van der Waals surface area contributed by atoms with Gasteiger partial charge in [-0.25, -0.2) is 4.79 Å². The third-order valence-corrected chi connectivity index (χ3v) is 3.74. The molecule has 0 bridgehead atoms. The number of carbonyl (C=O) groups excluding carboxylic acids is 1. The van der Waals surface area contributed by atoms with E-state index in [2.05, 4.69) is 27.4 Å². The fourth-order valence-corrected chi connectivity index (χ4v) is 2.44. The number of unbranched alkanes of at least 4 members (excludes halogenated alkanes) is 4. The summed E-state index contributed by atoms with van der Waals surface area (Å²) in [5, 5.41) is 0. The second kappa shape index (κ2) is 10.1. The van der Waals surface area contributed by atoms with Crippen molar-refractivity contribution in [2.75, 3.05) is 0 Å². The largest absolute Gasteiger partial charge is 0.456 e. The van der Waals surface area contributed by atoms with Crippen molar-refractivity contribution in [2.45, 2.75) is 91.1 Å². The SMILES string of the molecule is C=C(C)C(=O)OC(CC)(CCC)CCCCCCC. The van der Waals surface area contributed by atoms with Crippen molar-refractivity contribution < 1.29 is 9.53 Å². The first-order valence-electron chi connectivity index (χ1n) is 7.90. The van der Waals surface area contributed by atoms with E-state index in [1.54, 1.807) is 6.92 Å². The van der Waals surface area contributed by atoms with Crippen LogP contribution in [-0.4, -0.2) is 11.6 Å². The third kappa shape index (κ3) is 7.39. The highest BCUT2D eigenvalue weighted by Gasteiger charge is 2.31. The number of ether oxygens (including phenoxy) is 1. The summed E-state index contributed by atoms with van der Waals surface area (Å²) in [5.41, 5.74) is 0.233. The maximum Gasteiger partial charge on any atom is 0.333 e. The topological polar surface area (TPSA) is 26.3 Å². The Hall–Kier alpha value is -0.790. The van der Waals surface area contributed by atoms with E-state index in [1.807, 2.05) is 0 Å². The van der Waals surface area contributed by atoms with Gasteiger partial charge in [0.1, 0.15) is 5.60 Å². The van der Waals surface area contributed by atoms with Crippen molar-refractivity contribution >= 4 is 5.97 Å². The molecule has 0 rings (SSSR count). The van der Waals surface area contributed by atoms with Crippen LogP contribution in [0.15, 0.2) is 12.2 Å². The van der Waals surface area contributed by atoms with Gasteiger partial charge < -0.3 is 4.74 Å². The van der Waals surface area contributed by atoms with E-state index in [1.165, 1.54) is 25.7 Å². The molecule has 0 aromatic carbocycles. The molecule has 1 atom stereocenters. The van der Waals surface area contributed by atoms with Gasteiger partial charge in [0, 0.05) is 5.57 Å².